The molecule has 1 amide bonds. The van der Waals surface area contributed by atoms with Gasteiger partial charge in [-0.25, -0.2) is 0 Å². The highest BCUT2D eigenvalue weighted by Crippen LogP contribution is 2.31. The molecule has 0 atom stereocenters. The molecule has 2 fully saturated rings. The van der Waals surface area contributed by atoms with Crippen LogP contribution in [0.2, 0.25) is 0 Å². The largest absolute Gasteiger partial charge is 0.468 e. The van der Waals surface area contributed by atoms with E-state index in [-0.39, 0.29) is 19.1 Å². The first-order valence-electron chi connectivity index (χ1n) is 5.74. The minimum absolute atomic E-state index is 0.144. The molecule has 0 radical (unpaired) electrons. The minimum atomic E-state index is -1.08. The number of carbonyl (C=O) groups is 2. The summed E-state index contributed by atoms with van der Waals surface area (Å²) >= 11 is 0. The summed E-state index contributed by atoms with van der Waals surface area (Å²) in [7, 11) is 3.32. The Hall–Kier alpha value is -1.14. The third-order valence-electron chi connectivity index (χ3n) is 3.47. The van der Waals surface area contributed by atoms with Gasteiger partial charge in [0.2, 0.25) is 5.91 Å². The molecule has 2 saturated heterocycles. The van der Waals surface area contributed by atoms with Gasteiger partial charge < -0.3 is 19.3 Å². The lowest BCUT2D eigenvalue weighted by molar-refractivity contribution is -0.194. The third kappa shape index (κ3) is 2.02. The van der Waals surface area contributed by atoms with Crippen LogP contribution < -0.4 is 0 Å². The van der Waals surface area contributed by atoms with Gasteiger partial charge >= 0.3 is 5.97 Å². The summed E-state index contributed by atoms with van der Waals surface area (Å²) in [6.07, 6.45) is 0. The molecular formula is C11H18N2O4. The molecule has 0 saturated carbocycles. The Balaban J connectivity index is 2.05. The summed E-state index contributed by atoms with van der Waals surface area (Å²) in [4.78, 5) is 27.9. The fourth-order valence-corrected chi connectivity index (χ4v) is 2.14. The first-order valence-corrected chi connectivity index (χ1v) is 5.74. The molecule has 96 valence electrons. The van der Waals surface area contributed by atoms with Crippen LogP contribution in [0.1, 0.15) is 0 Å². The summed E-state index contributed by atoms with van der Waals surface area (Å²) in [5, 5.41) is 0. The summed E-state index contributed by atoms with van der Waals surface area (Å²) < 4.78 is 9.75. The average molecular weight is 242 g/mol. The van der Waals surface area contributed by atoms with E-state index >= 15 is 0 Å². The summed E-state index contributed by atoms with van der Waals surface area (Å²) in [6.45, 7) is 3.28. The number of hydrogen-bond acceptors (Lipinski definition) is 5. The van der Waals surface area contributed by atoms with Crippen molar-refractivity contribution in [3.63, 3.8) is 0 Å². The number of carbonyl (C=O) groups excluding carboxylic acids is 2. The maximum atomic E-state index is 12.3. The van der Waals surface area contributed by atoms with Crippen molar-refractivity contribution in [2.45, 2.75) is 0 Å². The Kier molecular flexibility index (Phi) is 3.35. The Morgan fingerprint density at radius 1 is 1.18 bits per heavy atom. The molecule has 17 heavy (non-hydrogen) atoms. The number of esters is 1. The van der Waals surface area contributed by atoms with E-state index in [0.29, 0.717) is 13.1 Å². The topological polar surface area (TPSA) is 59.1 Å². The number of methoxy groups -OCH3 is 1. The maximum absolute atomic E-state index is 12.3. The second kappa shape index (κ2) is 4.62. The van der Waals surface area contributed by atoms with E-state index in [4.69, 9.17) is 9.47 Å². The summed E-state index contributed by atoms with van der Waals surface area (Å²) in [6, 6.07) is 0. The van der Waals surface area contributed by atoms with Crippen LogP contribution in [-0.2, 0) is 19.1 Å². The molecule has 6 nitrogen and oxygen atoms in total. The molecule has 0 aromatic heterocycles. The molecular weight excluding hydrogens is 224 g/mol. The molecule has 2 rings (SSSR count). The Bertz CT molecular complexity index is 319. The van der Waals surface area contributed by atoms with E-state index in [1.165, 1.54) is 7.11 Å². The molecule has 2 aliphatic heterocycles. The van der Waals surface area contributed by atoms with Crippen molar-refractivity contribution in [3.05, 3.63) is 0 Å². The quantitative estimate of drug-likeness (QED) is 0.457. The molecule has 2 heterocycles. The van der Waals surface area contributed by atoms with Crippen molar-refractivity contribution in [1.82, 2.24) is 9.80 Å². The van der Waals surface area contributed by atoms with Crippen LogP contribution in [0.4, 0.5) is 0 Å². The van der Waals surface area contributed by atoms with E-state index in [0.717, 1.165) is 13.1 Å². The van der Waals surface area contributed by atoms with Crippen molar-refractivity contribution >= 4 is 11.9 Å². The van der Waals surface area contributed by atoms with Gasteiger partial charge in [0.25, 0.3) is 0 Å². The smallest absolute Gasteiger partial charge is 0.326 e. The van der Waals surface area contributed by atoms with E-state index in [2.05, 4.69) is 4.90 Å². The lowest BCUT2D eigenvalue weighted by Crippen LogP contribution is -2.62. The Labute approximate surface area is 100 Å². The lowest BCUT2D eigenvalue weighted by atomic mass is 9.84. The minimum Gasteiger partial charge on any atom is -0.468 e. The predicted molar refractivity (Wildman–Crippen MR) is 59.3 cm³/mol. The van der Waals surface area contributed by atoms with E-state index in [9.17, 15) is 9.59 Å². The fraction of sp³-hybridized carbons (Fsp3) is 0.818. The maximum Gasteiger partial charge on any atom is 0.326 e. The van der Waals surface area contributed by atoms with Crippen LogP contribution in [0.15, 0.2) is 0 Å². The van der Waals surface area contributed by atoms with E-state index < -0.39 is 11.4 Å². The van der Waals surface area contributed by atoms with Crippen molar-refractivity contribution in [3.8, 4) is 0 Å². The third-order valence-corrected chi connectivity index (χ3v) is 3.47. The number of likely N-dealkylation sites (N-methyl/N-ethyl adjacent to an activating group) is 1. The lowest BCUT2D eigenvalue weighted by Gasteiger charge is -2.42. The number of piperazine rings is 1. The second-order valence-corrected chi connectivity index (χ2v) is 4.66. The highest BCUT2D eigenvalue weighted by atomic mass is 16.5. The Morgan fingerprint density at radius 3 is 2.18 bits per heavy atom. The molecule has 0 unspecified atom stereocenters. The van der Waals surface area contributed by atoms with Gasteiger partial charge in [-0.1, -0.05) is 0 Å². The van der Waals surface area contributed by atoms with Gasteiger partial charge in [-0.3, -0.25) is 9.59 Å². The van der Waals surface area contributed by atoms with Crippen LogP contribution in [0, 0.1) is 5.41 Å². The van der Waals surface area contributed by atoms with Crippen LogP contribution >= 0.6 is 0 Å². The molecule has 0 bridgehead atoms. The molecule has 6 heteroatoms. The zero-order chi connectivity index (χ0) is 12.5. The summed E-state index contributed by atoms with van der Waals surface area (Å²) in [5.74, 6) is -0.628. The number of hydrogen-bond donors (Lipinski definition) is 0. The van der Waals surface area contributed by atoms with Crippen molar-refractivity contribution in [1.29, 1.82) is 0 Å². The zero-order valence-corrected chi connectivity index (χ0v) is 10.3. The first kappa shape index (κ1) is 12.3. The zero-order valence-electron chi connectivity index (χ0n) is 10.3. The molecule has 0 aromatic carbocycles. The van der Waals surface area contributed by atoms with Crippen molar-refractivity contribution in [2.24, 2.45) is 5.41 Å². The van der Waals surface area contributed by atoms with Gasteiger partial charge in [0.15, 0.2) is 5.41 Å². The average Bonchev–Trinajstić information content (AvgIpc) is 2.28. The van der Waals surface area contributed by atoms with Gasteiger partial charge in [0.05, 0.1) is 20.3 Å². The van der Waals surface area contributed by atoms with Gasteiger partial charge in [-0.15, -0.1) is 0 Å². The van der Waals surface area contributed by atoms with Gasteiger partial charge in [-0.05, 0) is 7.05 Å². The number of ether oxygens (including phenoxy) is 2. The van der Waals surface area contributed by atoms with Crippen molar-refractivity contribution in [2.75, 3.05) is 53.6 Å². The predicted octanol–water partition coefficient (Wildman–Crippen LogP) is -1.05. The monoisotopic (exact) mass is 242 g/mol. The van der Waals surface area contributed by atoms with E-state index in [1.807, 2.05) is 7.05 Å². The molecule has 0 aliphatic carbocycles. The van der Waals surface area contributed by atoms with Gasteiger partial charge in [-0.2, -0.15) is 0 Å². The number of amides is 1. The van der Waals surface area contributed by atoms with Crippen LogP contribution in [0.25, 0.3) is 0 Å². The van der Waals surface area contributed by atoms with Gasteiger partial charge in [0.1, 0.15) is 0 Å². The van der Waals surface area contributed by atoms with Crippen LogP contribution in [0.5, 0.6) is 0 Å². The van der Waals surface area contributed by atoms with Gasteiger partial charge in [0, 0.05) is 26.2 Å². The van der Waals surface area contributed by atoms with Crippen molar-refractivity contribution < 1.29 is 19.1 Å². The number of nitrogens with zero attached hydrogens (tertiary/aromatic N) is 2. The standard InChI is InChI=1S/C11H18N2O4/c1-12-3-5-13(6-4-12)9(14)11(7-17-8-11)10(15)16-2/h3-8H2,1-2H3. The Morgan fingerprint density at radius 2 is 1.76 bits per heavy atom. The SMILES string of the molecule is COC(=O)C1(C(=O)N2CCN(C)CC2)COC1. The normalized spacial score (nSPS) is 24.0. The van der Waals surface area contributed by atoms with Crippen LogP contribution in [0.3, 0.4) is 0 Å². The highest BCUT2D eigenvalue weighted by Gasteiger charge is 2.55. The summed E-state index contributed by atoms with van der Waals surface area (Å²) in [5.41, 5.74) is -1.08. The second-order valence-electron chi connectivity index (χ2n) is 4.66. The first-order chi connectivity index (χ1) is 8.10. The molecule has 0 N–H and O–H groups in total. The fourth-order valence-electron chi connectivity index (χ4n) is 2.14. The molecule has 2 aliphatic rings. The van der Waals surface area contributed by atoms with Crippen LogP contribution in [-0.4, -0.2) is 75.2 Å². The molecule has 0 spiro atoms. The highest BCUT2D eigenvalue weighted by molar-refractivity contribution is 6.04. The van der Waals surface area contributed by atoms with E-state index in [1.54, 1.807) is 4.90 Å². The molecule has 0 aromatic rings. The number of rotatable bonds is 2.